The molecule has 1 saturated heterocycles. The van der Waals surface area contributed by atoms with E-state index in [4.69, 9.17) is 4.84 Å². The van der Waals surface area contributed by atoms with Crippen LogP contribution in [-0.4, -0.2) is 11.0 Å². The van der Waals surface area contributed by atoms with E-state index in [1.807, 2.05) is 60.7 Å². The number of amides is 1. The highest BCUT2D eigenvalue weighted by Crippen LogP contribution is 2.40. The number of anilines is 2. The quantitative estimate of drug-likeness (QED) is 0.498. The number of rotatable bonds is 4. The first-order valence-electron chi connectivity index (χ1n) is 8.30. The zero-order valence-corrected chi connectivity index (χ0v) is 14.1. The lowest BCUT2D eigenvalue weighted by molar-refractivity contribution is -0.384. The molecule has 1 aliphatic rings. The Labute approximate surface area is 155 Å². The summed E-state index contributed by atoms with van der Waals surface area (Å²) in [7, 11) is 0. The third kappa shape index (κ3) is 3.06. The standard InChI is InChI=1S/C20H15N3O4/c24-20-21(17-12-7-13-18(14-17)23(25)26)19(15-8-3-1-4-9-15)22(27-20)16-10-5-2-6-11-16/h1-14,19H. The van der Waals surface area contributed by atoms with Gasteiger partial charge in [0, 0.05) is 12.1 Å². The molecule has 0 spiro atoms. The average Bonchev–Trinajstić information content (AvgIpc) is 3.06. The number of nitrogens with zero attached hydrogens (tertiary/aromatic N) is 3. The molecule has 1 aliphatic heterocycles. The van der Waals surface area contributed by atoms with Crippen molar-refractivity contribution in [2.75, 3.05) is 9.96 Å². The van der Waals surface area contributed by atoms with Gasteiger partial charge in [0.2, 0.25) is 0 Å². The van der Waals surface area contributed by atoms with Crippen molar-refractivity contribution in [2.24, 2.45) is 0 Å². The molecular formula is C20H15N3O4. The zero-order chi connectivity index (χ0) is 18.8. The maximum absolute atomic E-state index is 12.7. The largest absolute Gasteiger partial charge is 0.440 e. The Balaban J connectivity index is 1.83. The first-order chi connectivity index (χ1) is 13.1. The Morgan fingerprint density at radius 3 is 2.15 bits per heavy atom. The molecule has 1 heterocycles. The highest BCUT2D eigenvalue weighted by Gasteiger charge is 2.43. The highest BCUT2D eigenvalue weighted by atomic mass is 16.7. The Kier molecular flexibility index (Phi) is 4.18. The van der Waals surface area contributed by atoms with Gasteiger partial charge in [0.05, 0.1) is 16.3 Å². The molecule has 134 valence electrons. The Morgan fingerprint density at radius 1 is 0.852 bits per heavy atom. The first kappa shape index (κ1) is 16.6. The van der Waals surface area contributed by atoms with Gasteiger partial charge in [-0.3, -0.25) is 10.1 Å². The number of carbonyl (C=O) groups excluding carboxylic acids is 1. The topological polar surface area (TPSA) is 75.9 Å². The number of hydroxylamine groups is 1. The van der Waals surface area contributed by atoms with Crippen molar-refractivity contribution in [3.8, 4) is 0 Å². The van der Waals surface area contributed by atoms with Gasteiger partial charge in [0.25, 0.3) is 5.69 Å². The van der Waals surface area contributed by atoms with Gasteiger partial charge in [-0.2, -0.15) is 5.06 Å². The lowest BCUT2D eigenvalue weighted by atomic mass is 10.1. The number of hydrogen-bond donors (Lipinski definition) is 0. The van der Waals surface area contributed by atoms with Crippen LogP contribution in [0.4, 0.5) is 21.9 Å². The van der Waals surface area contributed by atoms with E-state index < -0.39 is 17.2 Å². The average molecular weight is 361 g/mol. The summed E-state index contributed by atoms with van der Waals surface area (Å²) in [6, 6.07) is 24.6. The molecule has 1 atom stereocenters. The minimum absolute atomic E-state index is 0.0923. The lowest BCUT2D eigenvalue weighted by Crippen LogP contribution is -2.31. The molecular weight excluding hydrogens is 346 g/mol. The fourth-order valence-electron chi connectivity index (χ4n) is 3.06. The first-order valence-corrected chi connectivity index (χ1v) is 8.30. The predicted molar refractivity (Wildman–Crippen MR) is 100 cm³/mol. The Bertz CT molecular complexity index is 979. The van der Waals surface area contributed by atoms with E-state index in [1.165, 1.54) is 22.1 Å². The van der Waals surface area contributed by atoms with E-state index in [0.717, 1.165) is 5.56 Å². The molecule has 1 fully saturated rings. The molecule has 7 nitrogen and oxygen atoms in total. The molecule has 0 aliphatic carbocycles. The normalized spacial score (nSPS) is 16.3. The smallest absolute Gasteiger partial charge is 0.319 e. The van der Waals surface area contributed by atoms with Gasteiger partial charge in [0.1, 0.15) is 0 Å². The van der Waals surface area contributed by atoms with Crippen molar-refractivity contribution in [2.45, 2.75) is 6.17 Å². The van der Waals surface area contributed by atoms with Crippen LogP contribution in [0.5, 0.6) is 0 Å². The molecule has 0 saturated carbocycles. The van der Waals surface area contributed by atoms with E-state index in [1.54, 1.807) is 12.1 Å². The molecule has 0 N–H and O–H groups in total. The maximum Gasteiger partial charge on any atom is 0.440 e. The van der Waals surface area contributed by atoms with Crippen LogP contribution in [0, 0.1) is 10.1 Å². The number of hydrogen-bond acceptors (Lipinski definition) is 5. The van der Waals surface area contributed by atoms with Gasteiger partial charge in [-0.05, 0) is 23.8 Å². The third-order valence-electron chi connectivity index (χ3n) is 4.27. The molecule has 3 aromatic rings. The highest BCUT2D eigenvalue weighted by molar-refractivity contribution is 5.92. The molecule has 0 bridgehead atoms. The fraction of sp³-hybridized carbons (Fsp3) is 0.0500. The second-order valence-corrected chi connectivity index (χ2v) is 5.95. The second kappa shape index (κ2) is 6.80. The van der Waals surface area contributed by atoms with E-state index in [-0.39, 0.29) is 5.69 Å². The Morgan fingerprint density at radius 2 is 1.48 bits per heavy atom. The minimum atomic E-state index is -0.604. The van der Waals surface area contributed by atoms with Gasteiger partial charge < -0.3 is 4.84 Å². The summed E-state index contributed by atoms with van der Waals surface area (Å²) in [4.78, 5) is 30.3. The second-order valence-electron chi connectivity index (χ2n) is 5.95. The predicted octanol–water partition coefficient (Wildman–Crippen LogP) is 4.67. The van der Waals surface area contributed by atoms with E-state index >= 15 is 0 Å². The molecule has 0 radical (unpaired) electrons. The van der Waals surface area contributed by atoms with Crippen molar-refractivity contribution in [1.29, 1.82) is 0 Å². The third-order valence-corrected chi connectivity index (χ3v) is 4.27. The van der Waals surface area contributed by atoms with Crippen LogP contribution in [0.2, 0.25) is 0 Å². The van der Waals surface area contributed by atoms with Gasteiger partial charge in [-0.1, -0.05) is 54.6 Å². The van der Waals surface area contributed by atoms with Crippen molar-refractivity contribution in [3.63, 3.8) is 0 Å². The molecule has 7 heteroatoms. The van der Waals surface area contributed by atoms with Crippen LogP contribution in [0.1, 0.15) is 11.7 Å². The number of carbonyl (C=O) groups is 1. The summed E-state index contributed by atoms with van der Waals surface area (Å²) in [5.74, 6) is 0. The van der Waals surface area contributed by atoms with Gasteiger partial charge in [0.15, 0.2) is 6.17 Å². The van der Waals surface area contributed by atoms with Crippen molar-refractivity contribution in [3.05, 3.63) is 101 Å². The van der Waals surface area contributed by atoms with Crippen molar-refractivity contribution < 1.29 is 14.6 Å². The molecule has 27 heavy (non-hydrogen) atoms. The number of para-hydroxylation sites is 1. The summed E-state index contributed by atoms with van der Waals surface area (Å²) in [6.45, 7) is 0. The molecule has 3 aromatic carbocycles. The molecule has 1 amide bonds. The van der Waals surface area contributed by atoms with Crippen LogP contribution in [0.15, 0.2) is 84.9 Å². The monoisotopic (exact) mass is 361 g/mol. The molecule has 1 unspecified atom stereocenters. The zero-order valence-electron chi connectivity index (χ0n) is 14.1. The summed E-state index contributed by atoms with van der Waals surface area (Å²) >= 11 is 0. The number of non-ortho nitro benzene ring substituents is 1. The maximum atomic E-state index is 12.7. The van der Waals surface area contributed by atoms with E-state index in [9.17, 15) is 14.9 Å². The minimum Gasteiger partial charge on any atom is -0.319 e. The van der Waals surface area contributed by atoms with Crippen LogP contribution in [0.25, 0.3) is 0 Å². The van der Waals surface area contributed by atoms with Crippen LogP contribution < -0.4 is 9.96 Å². The number of nitro benzene ring substituents is 1. The molecule has 4 rings (SSSR count). The summed E-state index contributed by atoms with van der Waals surface area (Å²) < 4.78 is 0. The SMILES string of the molecule is O=C1ON(c2ccccc2)C(c2ccccc2)N1c1cccc([N+](=O)[O-])c1. The lowest BCUT2D eigenvalue weighted by Gasteiger charge is -2.27. The van der Waals surface area contributed by atoms with Gasteiger partial charge in [-0.25, -0.2) is 9.69 Å². The summed E-state index contributed by atoms with van der Waals surface area (Å²) in [5, 5.41) is 12.7. The Hall–Kier alpha value is -3.87. The summed E-state index contributed by atoms with van der Waals surface area (Å²) in [6.07, 6.45) is -1.20. The fourth-order valence-corrected chi connectivity index (χ4v) is 3.06. The van der Waals surface area contributed by atoms with Crippen molar-refractivity contribution >= 4 is 23.2 Å². The summed E-state index contributed by atoms with van der Waals surface area (Å²) in [5.41, 5.74) is 1.82. The van der Waals surface area contributed by atoms with Crippen LogP contribution in [0.3, 0.4) is 0 Å². The van der Waals surface area contributed by atoms with Crippen molar-refractivity contribution in [1.82, 2.24) is 0 Å². The van der Waals surface area contributed by atoms with Crippen LogP contribution >= 0.6 is 0 Å². The van der Waals surface area contributed by atoms with Crippen LogP contribution in [-0.2, 0) is 4.84 Å². The van der Waals surface area contributed by atoms with E-state index in [2.05, 4.69) is 0 Å². The molecule has 0 aromatic heterocycles. The number of nitro groups is 1. The van der Waals surface area contributed by atoms with Gasteiger partial charge >= 0.3 is 6.09 Å². The van der Waals surface area contributed by atoms with E-state index in [0.29, 0.717) is 11.4 Å². The van der Waals surface area contributed by atoms with Gasteiger partial charge in [-0.15, -0.1) is 0 Å². The number of benzene rings is 3.